The Morgan fingerprint density at radius 2 is 2.00 bits per heavy atom. The van der Waals surface area contributed by atoms with Crippen LogP contribution in [0.25, 0.3) is 10.8 Å². The van der Waals surface area contributed by atoms with Crippen molar-refractivity contribution in [2.45, 2.75) is 6.42 Å². The molecular weight excluding hydrogens is 332 g/mol. The molecule has 1 aliphatic rings. The highest BCUT2D eigenvalue weighted by atomic mass is 79.9. The molecule has 1 aliphatic heterocycles. The summed E-state index contributed by atoms with van der Waals surface area (Å²) < 4.78 is 1.14. The second-order valence-corrected chi connectivity index (χ2v) is 6.65. The van der Waals surface area contributed by atoms with Crippen LogP contribution in [0, 0.1) is 0 Å². The first kappa shape index (κ1) is 14.0. The van der Waals surface area contributed by atoms with Crippen LogP contribution in [0.1, 0.15) is 12.0 Å². The van der Waals surface area contributed by atoms with E-state index in [0.29, 0.717) is 0 Å². The number of hydrogen-bond acceptors (Lipinski definition) is 2. The smallest absolute Gasteiger partial charge is 0.114 e. The number of benzene rings is 2. The van der Waals surface area contributed by atoms with Crippen molar-refractivity contribution in [1.82, 2.24) is 4.90 Å². The first-order chi connectivity index (χ1) is 9.59. The summed E-state index contributed by atoms with van der Waals surface area (Å²) in [5.74, 6) is 0. The van der Waals surface area contributed by atoms with Gasteiger partial charge < -0.3 is 9.80 Å². The summed E-state index contributed by atoms with van der Waals surface area (Å²) in [7, 11) is 4.21. The van der Waals surface area contributed by atoms with E-state index in [2.05, 4.69) is 70.2 Å². The number of thiocarbonyl (C=S) groups is 1. The third-order valence-corrected chi connectivity index (χ3v) is 4.85. The predicted molar refractivity (Wildman–Crippen MR) is 93.9 cm³/mol. The minimum atomic E-state index is 0.961. The van der Waals surface area contributed by atoms with E-state index >= 15 is 0 Å². The molecule has 0 aromatic heterocycles. The topological polar surface area (TPSA) is 6.48 Å². The minimum Gasteiger partial charge on any atom is -0.332 e. The van der Waals surface area contributed by atoms with Gasteiger partial charge >= 0.3 is 0 Å². The van der Waals surface area contributed by atoms with Crippen molar-refractivity contribution in [3.8, 4) is 0 Å². The Morgan fingerprint density at radius 3 is 2.75 bits per heavy atom. The van der Waals surface area contributed by atoms with Gasteiger partial charge in [-0.05, 0) is 44.6 Å². The molecule has 0 radical (unpaired) electrons. The van der Waals surface area contributed by atoms with Gasteiger partial charge in [0, 0.05) is 22.0 Å². The molecule has 1 heterocycles. The van der Waals surface area contributed by atoms with Gasteiger partial charge in [0.15, 0.2) is 0 Å². The Hall–Kier alpha value is -0.970. The zero-order valence-corrected chi connectivity index (χ0v) is 14.1. The van der Waals surface area contributed by atoms with Crippen LogP contribution in [0.5, 0.6) is 0 Å². The summed E-state index contributed by atoms with van der Waals surface area (Å²) in [6.07, 6.45) is 1.11. The standard InChI is InChI=1S/C16H17BrN2S/c1-18(2)9-4-10-19-14-8-7-13(17)11-5-3-6-12(15(11)14)16(19)20/h3,5-8H,4,9-10H2,1-2H3. The first-order valence-electron chi connectivity index (χ1n) is 6.77. The molecule has 2 aromatic carbocycles. The number of hydrogen-bond donors (Lipinski definition) is 0. The van der Waals surface area contributed by atoms with Crippen LogP contribution >= 0.6 is 28.1 Å². The molecule has 0 bridgehead atoms. The molecule has 0 amide bonds. The van der Waals surface area contributed by atoms with Gasteiger partial charge in [-0.15, -0.1) is 0 Å². The minimum absolute atomic E-state index is 0.961. The van der Waals surface area contributed by atoms with Crippen molar-refractivity contribution < 1.29 is 0 Å². The predicted octanol–water partition coefficient (Wildman–Crippen LogP) is 4.05. The lowest BCUT2D eigenvalue weighted by molar-refractivity contribution is 0.403. The van der Waals surface area contributed by atoms with Crippen molar-refractivity contribution >= 4 is 49.6 Å². The average Bonchev–Trinajstić information content (AvgIpc) is 2.69. The van der Waals surface area contributed by atoms with E-state index in [1.807, 2.05) is 0 Å². The molecule has 2 aromatic rings. The Kier molecular flexibility index (Phi) is 3.80. The molecule has 0 spiro atoms. The summed E-state index contributed by atoms with van der Waals surface area (Å²) in [6.45, 7) is 2.05. The van der Waals surface area contributed by atoms with E-state index in [1.165, 1.54) is 22.0 Å². The van der Waals surface area contributed by atoms with E-state index in [-0.39, 0.29) is 0 Å². The molecule has 0 saturated heterocycles. The highest BCUT2D eigenvalue weighted by Crippen LogP contribution is 2.40. The molecule has 0 atom stereocenters. The zero-order chi connectivity index (χ0) is 14.3. The lowest BCUT2D eigenvalue weighted by atomic mass is 10.1. The maximum Gasteiger partial charge on any atom is 0.114 e. The van der Waals surface area contributed by atoms with E-state index in [9.17, 15) is 0 Å². The van der Waals surface area contributed by atoms with Crippen molar-refractivity contribution in [2.24, 2.45) is 0 Å². The summed E-state index contributed by atoms with van der Waals surface area (Å²) in [5.41, 5.74) is 2.45. The van der Waals surface area contributed by atoms with Gasteiger partial charge in [0.05, 0.1) is 5.69 Å². The van der Waals surface area contributed by atoms with E-state index in [1.54, 1.807) is 0 Å². The maximum atomic E-state index is 5.68. The fourth-order valence-electron chi connectivity index (χ4n) is 2.78. The summed E-state index contributed by atoms with van der Waals surface area (Å²) in [5, 5.41) is 2.54. The molecule has 0 saturated carbocycles. The van der Waals surface area contributed by atoms with E-state index < -0.39 is 0 Å². The number of nitrogens with zero attached hydrogens (tertiary/aromatic N) is 2. The monoisotopic (exact) mass is 348 g/mol. The third-order valence-electron chi connectivity index (χ3n) is 3.72. The largest absolute Gasteiger partial charge is 0.332 e. The van der Waals surface area contributed by atoms with Crippen LogP contribution in [0.15, 0.2) is 34.8 Å². The first-order valence-corrected chi connectivity index (χ1v) is 7.97. The van der Waals surface area contributed by atoms with Crippen LogP contribution in [-0.4, -0.2) is 37.1 Å². The maximum absolute atomic E-state index is 5.68. The molecule has 3 rings (SSSR count). The lowest BCUT2D eigenvalue weighted by Crippen LogP contribution is -2.29. The van der Waals surface area contributed by atoms with Crippen LogP contribution < -0.4 is 4.90 Å². The highest BCUT2D eigenvalue weighted by Gasteiger charge is 2.26. The highest BCUT2D eigenvalue weighted by molar-refractivity contribution is 9.10. The Labute approximate surface area is 133 Å². The van der Waals surface area contributed by atoms with Gasteiger partial charge in [-0.1, -0.05) is 46.3 Å². The Morgan fingerprint density at radius 1 is 1.20 bits per heavy atom. The molecule has 0 aliphatic carbocycles. The number of halogens is 1. The van der Waals surface area contributed by atoms with Gasteiger partial charge in [0.2, 0.25) is 0 Å². The molecule has 20 heavy (non-hydrogen) atoms. The van der Waals surface area contributed by atoms with Crippen LogP contribution in [-0.2, 0) is 0 Å². The molecule has 0 unspecified atom stereocenters. The van der Waals surface area contributed by atoms with E-state index in [0.717, 1.165) is 29.0 Å². The van der Waals surface area contributed by atoms with Crippen molar-refractivity contribution in [3.05, 3.63) is 40.4 Å². The lowest BCUT2D eigenvalue weighted by Gasteiger charge is -2.21. The molecule has 104 valence electrons. The number of anilines is 1. The van der Waals surface area contributed by atoms with Crippen molar-refractivity contribution in [3.63, 3.8) is 0 Å². The Balaban J connectivity index is 1.99. The van der Waals surface area contributed by atoms with Gasteiger partial charge in [0.25, 0.3) is 0 Å². The van der Waals surface area contributed by atoms with Crippen molar-refractivity contribution in [1.29, 1.82) is 0 Å². The van der Waals surface area contributed by atoms with Gasteiger partial charge in [-0.25, -0.2) is 0 Å². The third kappa shape index (κ3) is 2.26. The molecule has 0 N–H and O–H groups in total. The molecule has 0 fully saturated rings. The Bertz CT molecular complexity index is 681. The summed E-state index contributed by atoms with van der Waals surface area (Å²) in [4.78, 5) is 5.45. The zero-order valence-electron chi connectivity index (χ0n) is 11.7. The molecular formula is C16H17BrN2S. The number of rotatable bonds is 4. The van der Waals surface area contributed by atoms with Crippen molar-refractivity contribution in [2.75, 3.05) is 32.1 Å². The second-order valence-electron chi connectivity index (χ2n) is 5.41. The molecule has 2 nitrogen and oxygen atoms in total. The fourth-order valence-corrected chi connectivity index (χ4v) is 3.60. The SMILES string of the molecule is CN(C)CCCN1C(=S)c2cccc3c(Br)ccc1c23. The normalized spacial score (nSPS) is 13.8. The van der Waals surface area contributed by atoms with Crippen LogP contribution in [0.4, 0.5) is 5.69 Å². The quantitative estimate of drug-likeness (QED) is 0.769. The van der Waals surface area contributed by atoms with Gasteiger partial charge in [-0.2, -0.15) is 0 Å². The summed E-state index contributed by atoms with van der Waals surface area (Å²) in [6, 6.07) is 10.7. The van der Waals surface area contributed by atoms with Gasteiger partial charge in [0.1, 0.15) is 4.99 Å². The van der Waals surface area contributed by atoms with Gasteiger partial charge in [-0.3, -0.25) is 0 Å². The van der Waals surface area contributed by atoms with E-state index in [4.69, 9.17) is 12.2 Å². The molecule has 4 heteroatoms. The second kappa shape index (κ2) is 5.43. The summed E-state index contributed by atoms with van der Waals surface area (Å²) >= 11 is 9.31. The fraction of sp³-hybridized carbons (Fsp3) is 0.312. The average molecular weight is 349 g/mol. The van der Waals surface area contributed by atoms with Crippen LogP contribution in [0.3, 0.4) is 0 Å². The van der Waals surface area contributed by atoms with Crippen LogP contribution in [0.2, 0.25) is 0 Å².